The molecule has 2 heteroatoms. The van der Waals surface area contributed by atoms with E-state index in [4.69, 9.17) is 5.73 Å². The van der Waals surface area contributed by atoms with Crippen LogP contribution in [0.4, 0.5) is 5.69 Å². The molecule has 0 bridgehead atoms. The normalized spacial score (nSPS) is 10.2. The number of nitrogens with two attached hydrogens (primary N) is 1. The van der Waals surface area contributed by atoms with Crippen LogP contribution in [-0.2, 0) is 0 Å². The molecular formula is C15H15NO. The summed E-state index contributed by atoms with van der Waals surface area (Å²) in [6, 6.07) is 13.1. The van der Waals surface area contributed by atoms with E-state index in [9.17, 15) is 4.79 Å². The molecule has 0 atom stereocenters. The topological polar surface area (TPSA) is 43.1 Å². The van der Waals surface area contributed by atoms with Crippen LogP contribution >= 0.6 is 0 Å². The zero-order valence-corrected chi connectivity index (χ0v) is 10.0. The summed E-state index contributed by atoms with van der Waals surface area (Å²) in [6.07, 6.45) is 0. The molecule has 86 valence electrons. The van der Waals surface area contributed by atoms with Gasteiger partial charge >= 0.3 is 0 Å². The summed E-state index contributed by atoms with van der Waals surface area (Å²) in [5.74, 6) is -0.00991. The molecule has 2 aromatic rings. The highest BCUT2D eigenvalue weighted by Gasteiger charge is 2.15. The van der Waals surface area contributed by atoms with Crippen molar-refractivity contribution in [1.82, 2.24) is 0 Å². The highest BCUT2D eigenvalue weighted by atomic mass is 16.1. The van der Waals surface area contributed by atoms with Crippen LogP contribution in [0.15, 0.2) is 42.5 Å². The maximum Gasteiger partial charge on any atom is 0.195 e. The maximum atomic E-state index is 12.4. The first-order chi connectivity index (χ1) is 8.11. The van der Waals surface area contributed by atoms with Crippen molar-refractivity contribution < 1.29 is 4.79 Å². The van der Waals surface area contributed by atoms with Crippen LogP contribution in [-0.4, -0.2) is 5.78 Å². The summed E-state index contributed by atoms with van der Waals surface area (Å²) < 4.78 is 0. The molecule has 2 nitrogen and oxygen atoms in total. The lowest BCUT2D eigenvalue weighted by atomic mass is 9.95. The Morgan fingerprint density at radius 1 is 0.941 bits per heavy atom. The number of carbonyl (C=O) groups excluding carboxylic acids is 1. The highest BCUT2D eigenvalue weighted by Crippen LogP contribution is 2.23. The van der Waals surface area contributed by atoms with Gasteiger partial charge in [-0.1, -0.05) is 42.5 Å². The maximum absolute atomic E-state index is 12.4. The fourth-order valence-corrected chi connectivity index (χ4v) is 1.87. The lowest BCUT2D eigenvalue weighted by Crippen LogP contribution is -2.08. The molecule has 0 aliphatic rings. The Morgan fingerprint density at radius 2 is 1.53 bits per heavy atom. The van der Waals surface area contributed by atoms with E-state index in [1.54, 1.807) is 0 Å². The summed E-state index contributed by atoms with van der Waals surface area (Å²) in [5, 5.41) is 0. The second-order valence-corrected chi connectivity index (χ2v) is 4.18. The number of ketones is 1. The molecule has 0 fully saturated rings. The van der Waals surface area contributed by atoms with Crippen molar-refractivity contribution in [1.29, 1.82) is 0 Å². The SMILES string of the molecule is Cc1ccc(C)c(C(=O)c2ccccc2)c1N. The van der Waals surface area contributed by atoms with Gasteiger partial charge in [-0.05, 0) is 25.0 Å². The molecule has 2 rings (SSSR count). The van der Waals surface area contributed by atoms with Crippen molar-refractivity contribution in [3.05, 3.63) is 64.7 Å². The smallest absolute Gasteiger partial charge is 0.195 e. The fraction of sp³-hybridized carbons (Fsp3) is 0.133. The van der Waals surface area contributed by atoms with Gasteiger partial charge in [0.2, 0.25) is 0 Å². The van der Waals surface area contributed by atoms with E-state index < -0.39 is 0 Å². The zero-order chi connectivity index (χ0) is 12.4. The van der Waals surface area contributed by atoms with Gasteiger partial charge in [0.1, 0.15) is 0 Å². The number of anilines is 1. The second kappa shape index (κ2) is 4.42. The number of hydrogen-bond acceptors (Lipinski definition) is 2. The van der Waals surface area contributed by atoms with E-state index >= 15 is 0 Å². The number of hydrogen-bond donors (Lipinski definition) is 1. The van der Waals surface area contributed by atoms with Gasteiger partial charge in [-0.25, -0.2) is 0 Å². The van der Waals surface area contributed by atoms with Gasteiger partial charge in [0.15, 0.2) is 5.78 Å². The molecule has 0 heterocycles. The van der Waals surface area contributed by atoms with Crippen LogP contribution in [0.25, 0.3) is 0 Å². The summed E-state index contributed by atoms with van der Waals surface area (Å²) in [7, 11) is 0. The first-order valence-corrected chi connectivity index (χ1v) is 5.56. The molecule has 0 saturated carbocycles. The number of aryl methyl sites for hydroxylation is 2. The van der Waals surface area contributed by atoms with Crippen LogP contribution < -0.4 is 5.73 Å². The Hall–Kier alpha value is -2.09. The third-order valence-corrected chi connectivity index (χ3v) is 2.93. The molecule has 0 spiro atoms. The molecule has 17 heavy (non-hydrogen) atoms. The van der Waals surface area contributed by atoms with Crippen LogP contribution in [0.1, 0.15) is 27.0 Å². The Bertz CT molecular complexity index is 559. The minimum Gasteiger partial charge on any atom is -0.398 e. The average Bonchev–Trinajstić information content (AvgIpc) is 2.35. The molecule has 0 aliphatic carbocycles. The van der Waals surface area contributed by atoms with Gasteiger partial charge in [0.25, 0.3) is 0 Å². The minimum atomic E-state index is -0.00991. The van der Waals surface area contributed by atoms with Gasteiger partial charge in [-0.15, -0.1) is 0 Å². The largest absolute Gasteiger partial charge is 0.398 e. The molecule has 0 amide bonds. The Kier molecular flexibility index (Phi) is 2.96. The summed E-state index contributed by atoms with van der Waals surface area (Å²) in [5.41, 5.74) is 9.74. The predicted octanol–water partition coefficient (Wildman–Crippen LogP) is 3.12. The van der Waals surface area contributed by atoms with Crippen molar-refractivity contribution >= 4 is 11.5 Å². The summed E-state index contributed by atoms with van der Waals surface area (Å²) >= 11 is 0. The van der Waals surface area contributed by atoms with Crippen molar-refractivity contribution in [3.8, 4) is 0 Å². The third kappa shape index (κ3) is 2.07. The van der Waals surface area contributed by atoms with Gasteiger partial charge in [-0.2, -0.15) is 0 Å². The highest BCUT2D eigenvalue weighted by molar-refractivity contribution is 6.13. The van der Waals surface area contributed by atoms with Crippen LogP contribution in [0, 0.1) is 13.8 Å². The quantitative estimate of drug-likeness (QED) is 0.630. The average molecular weight is 225 g/mol. The lowest BCUT2D eigenvalue weighted by Gasteiger charge is -2.10. The molecule has 2 N–H and O–H groups in total. The van der Waals surface area contributed by atoms with Gasteiger partial charge in [-0.3, -0.25) is 4.79 Å². The Labute approximate surface area is 101 Å². The van der Waals surface area contributed by atoms with Crippen molar-refractivity contribution in [2.45, 2.75) is 13.8 Å². The number of rotatable bonds is 2. The van der Waals surface area contributed by atoms with E-state index in [0.717, 1.165) is 11.1 Å². The van der Waals surface area contributed by atoms with Gasteiger partial charge in [0.05, 0.1) is 0 Å². The van der Waals surface area contributed by atoms with E-state index in [0.29, 0.717) is 16.8 Å². The van der Waals surface area contributed by atoms with E-state index in [-0.39, 0.29) is 5.78 Å². The molecule has 0 radical (unpaired) electrons. The summed E-state index contributed by atoms with van der Waals surface area (Å²) in [6.45, 7) is 3.82. The van der Waals surface area contributed by atoms with Gasteiger partial charge < -0.3 is 5.73 Å². The molecule has 0 aromatic heterocycles. The first kappa shape index (κ1) is 11.4. The predicted molar refractivity (Wildman–Crippen MR) is 70.2 cm³/mol. The standard InChI is InChI=1S/C15H15NO/c1-10-8-9-11(2)14(16)13(10)15(17)12-6-4-3-5-7-12/h3-9H,16H2,1-2H3. The fourth-order valence-electron chi connectivity index (χ4n) is 1.87. The number of nitrogen functional groups attached to an aromatic ring is 1. The van der Waals surface area contributed by atoms with Crippen molar-refractivity contribution in [2.24, 2.45) is 0 Å². The van der Waals surface area contributed by atoms with Crippen LogP contribution in [0.5, 0.6) is 0 Å². The molecule has 0 aliphatic heterocycles. The van der Waals surface area contributed by atoms with Crippen molar-refractivity contribution in [3.63, 3.8) is 0 Å². The molecule has 0 saturated heterocycles. The number of carbonyl (C=O) groups is 1. The monoisotopic (exact) mass is 225 g/mol. The van der Waals surface area contributed by atoms with E-state index in [1.807, 2.05) is 56.3 Å². The van der Waals surface area contributed by atoms with Gasteiger partial charge in [0, 0.05) is 16.8 Å². The second-order valence-electron chi connectivity index (χ2n) is 4.18. The third-order valence-electron chi connectivity index (χ3n) is 2.93. The Balaban J connectivity index is 2.56. The van der Waals surface area contributed by atoms with Crippen LogP contribution in [0.2, 0.25) is 0 Å². The van der Waals surface area contributed by atoms with E-state index in [2.05, 4.69) is 0 Å². The zero-order valence-electron chi connectivity index (χ0n) is 10.0. The van der Waals surface area contributed by atoms with E-state index in [1.165, 1.54) is 0 Å². The molecular weight excluding hydrogens is 210 g/mol. The summed E-state index contributed by atoms with van der Waals surface area (Å²) in [4.78, 5) is 12.4. The molecule has 2 aromatic carbocycles. The van der Waals surface area contributed by atoms with Crippen LogP contribution in [0.3, 0.4) is 0 Å². The first-order valence-electron chi connectivity index (χ1n) is 5.56. The minimum absolute atomic E-state index is 0.00991. The molecule has 0 unspecified atom stereocenters. The number of benzene rings is 2. The Morgan fingerprint density at radius 3 is 2.18 bits per heavy atom. The van der Waals surface area contributed by atoms with Crippen molar-refractivity contribution in [2.75, 3.05) is 5.73 Å². The lowest BCUT2D eigenvalue weighted by molar-refractivity contribution is 0.103.